The number of benzene rings is 2. The van der Waals surface area contributed by atoms with Gasteiger partial charge in [-0.1, -0.05) is 19.3 Å². The third kappa shape index (κ3) is 19.8. The Kier molecular flexibility index (Phi) is 24.0. The molecule has 4 aliphatic heterocycles. The summed E-state index contributed by atoms with van der Waals surface area (Å²) in [5.41, 5.74) is 2.69. The van der Waals surface area contributed by atoms with Gasteiger partial charge in [-0.2, -0.15) is 20.2 Å². The van der Waals surface area contributed by atoms with Gasteiger partial charge in [-0.15, -0.1) is 5.06 Å². The van der Waals surface area contributed by atoms with E-state index in [-0.39, 0.29) is 86.0 Å². The Morgan fingerprint density at radius 1 is 0.833 bits per heavy atom. The van der Waals surface area contributed by atoms with Crippen LogP contribution in [0.15, 0.2) is 40.8 Å². The highest BCUT2D eigenvalue weighted by atomic mass is 32.2. The number of thioether (sulfide) groups is 1. The minimum absolute atomic E-state index is 0.00102. The fraction of sp³-hybridized carbons (Fsp3) is 0.623. The first-order valence-electron chi connectivity index (χ1n) is 27.4. The van der Waals surface area contributed by atoms with Crippen molar-refractivity contribution in [2.45, 2.75) is 152 Å². The minimum atomic E-state index is -4.06. The third-order valence-corrected chi connectivity index (χ3v) is 16.3. The number of hydroxylamine groups is 2. The Balaban J connectivity index is 0.901. The number of fused-ring (bicyclic) bond motifs is 3. The van der Waals surface area contributed by atoms with Crippen LogP contribution in [0.2, 0.25) is 0 Å². The van der Waals surface area contributed by atoms with E-state index in [2.05, 4.69) is 31.9 Å². The van der Waals surface area contributed by atoms with Crippen LogP contribution in [0.25, 0.3) is 22.6 Å². The van der Waals surface area contributed by atoms with Gasteiger partial charge in [0.15, 0.2) is 17.9 Å². The van der Waals surface area contributed by atoms with Crippen molar-refractivity contribution in [2.75, 3.05) is 62.7 Å². The van der Waals surface area contributed by atoms with Crippen molar-refractivity contribution >= 4 is 86.1 Å². The quantitative estimate of drug-likeness (QED) is 0.0113. The first-order valence-corrected chi connectivity index (χ1v) is 30.1. The van der Waals surface area contributed by atoms with Gasteiger partial charge >= 0.3 is 12.0 Å². The Bertz CT molecular complexity index is 2720. The lowest BCUT2D eigenvalue weighted by atomic mass is 10.0. The number of unbranched alkanes of at least 4 members (excludes halogenated alkanes) is 6. The molecule has 0 spiro atoms. The lowest BCUT2D eigenvalue weighted by Gasteiger charge is -2.23. The van der Waals surface area contributed by atoms with Gasteiger partial charge in [-0.05, 0) is 89.3 Å². The van der Waals surface area contributed by atoms with E-state index in [0.717, 1.165) is 36.1 Å². The average molecular weight is 1130 g/mol. The van der Waals surface area contributed by atoms with E-state index in [0.29, 0.717) is 136 Å². The molecule has 1 aliphatic carbocycles. The molecule has 78 heavy (non-hydrogen) atoms. The molecule has 0 aromatic heterocycles. The van der Waals surface area contributed by atoms with Crippen molar-refractivity contribution in [3.05, 3.63) is 41.8 Å². The van der Waals surface area contributed by atoms with E-state index in [1.807, 2.05) is 71.6 Å². The largest absolute Gasteiger partial charge is 0.452 e. The molecule has 23 nitrogen and oxygen atoms in total. The Morgan fingerprint density at radius 3 is 2.24 bits per heavy atom. The number of carbonyl (C=O) groups excluding carboxylic acids is 8. The van der Waals surface area contributed by atoms with E-state index >= 15 is 0 Å². The molecule has 25 heteroatoms. The number of hydrogen-bond acceptors (Lipinski definition) is 15. The molecule has 1 unspecified atom stereocenters. The van der Waals surface area contributed by atoms with Gasteiger partial charge in [0.25, 0.3) is 21.9 Å². The van der Waals surface area contributed by atoms with Crippen LogP contribution in [0, 0.1) is 0 Å². The summed E-state index contributed by atoms with van der Waals surface area (Å²) in [6, 6.07) is 10.7. The zero-order chi connectivity index (χ0) is 56.0. The molecule has 0 saturated carbocycles. The summed E-state index contributed by atoms with van der Waals surface area (Å²) in [5.74, 6) is -1.41. The zero-order valence-corrected chi connectivity index (χ0v) is 46.4. The van der Waals surface area contributed by atoms with E-state index in [1.54, 1.807) is 0 Å². The summed E-state index contributed by atoms with van der Waals surface area (Å²) < 4.78 is 39.8. The molecule has 7 N–H and O–H groups in total. The number of hydrogen-bond donors (Lipinski definition) is 7. The van der Waals surface area contributed by atoms with Crippen LogP contribution in [0.1, 0.15) is 129 Å². The topological polar surface area (TPSA) is 308 Å². The number of anilines is 1. The maximum absolute atomic E-state index is 13.4. The first-order chi connectivity index (χ1) is 37.5. The van der Waals surface area contributed by atoms with Crippen molar-refractivity contribution < 1.29 is 60.6 Å². The van der Waals surface area contributed by atoms with Gasteiger partial charge in [0.05, 0.1) is 30.3 Å². The summed E-state index contributed by atoms with van der Waals surface area (Å²) in [6.07, 6.45) is 8.70. The van der Waals surface area contributed by atoms with E-state index < -0.39 is 33.9 Å². The number of imide groups is 1. The van der Waals surface area contributed by atoms with Crippen molar-refractivity contribution in [3.8, 4) is 11.5 Å². The lowest BCUT2D eigenvalue weighted by Crippen LogP contribution is -2.47. The summed E-state index contributed by atoms with van der Waals surface area (Å²) in [6.45, 7) is 4.58. The molecule has 1 aromatic rings. The van der Waals surface area contributed by atoms with Crippen LogP contribution < -0.4 is 46.7 Å². The Labute approximate surface area is 459 Å². The summed E-state index contributed by atoms with van der Waals surface area (Å²) in [7, 11) is -2.18. The number of nitrogens with one attached hydrogen (secondary N) is 6. The van der Waals surface area contributed by atoms with Crippen molar-refractivity contribution in [3.63, 3.8) is 0 Å². The van der Waals surface area contributed by atoms with Gasteiger partial charge in [-0.25, -0.2) is 19.1 Å². The number of amides is 8. The molecule has 428 valence electrons. The smallest absolute Gasteiger partial charge is 0.333 e. The third-order valence-electron chi connectivity index (χ3n) is 14.0. The van der Waals surface area contributed by atoms with Gasteiger partial charge in [0.2, 0.25) is 29.0 Å². The van der Waals surface area contributed by atoms with Crippen molar-refractivity contribution in [1.29, 1.82) is 0 Å². The predicted octanol–water partition coefficient (Wildman–Crippen LogP) is 3.29. The first kappa shape index (κ1) is 60.9. The highest BCUT2D eigenvalue weighted by Crippen LogP contribution is 2.33. The number of aromatic nitrogens is 1. The van der Waals surface area contributed by atoms with Crippen LogP contribution in [-0.2, 0) is 48.5 Å². The molecule has 1 aromatic carbocycles. The van der Waals surface area contributed by atoms with E-state index in [9.17, 15) is 46.8 Å². The highest BCUT2D eigenvalue weighted by molar-refractivity contribution is 8.00. The molecule has 5 aliphatic rings. The summed E-state index contributed by atoms with van der Waals surface area (Å²) in [4.78, 5) is 111. The van der Waals surface area contributed by atoms with Crippen LogP contribution in [-0.4, -0.2) is 152 Å². The lowest BCUT2D eigenvalue weighted by molar-refractivity contribution is -0.197. The Hall–Kier alpha value is -6.34. The molecule has 3 fully saturated rings. The standard InChI is InChI=1S/C53H76N10O13S2/c1-3-62(30-14-32-78(72,73)74)37-21-23-39-43(34-37)75-42-33-36(20-22-38(42)57-39)61(2)31-26-46(65)55-28-13-10-15-40(52(70)56-29-12-5-7-19-50(69)76-63-48(67)24-25-49(63)68)58-47(66)18-6-4-11-27-54-45(64)17-9-8-16-44-51-41(35-77-44)59-53(71)60-51/h20-23,33-34,40-41,44,51H,3-19,24-32,35H2,1-2H3,(H6-,54,55,56,58,59,60,64,65,66,70,71,72,73,74)/p+1/t40-,41-,44?,51-/m0/s1. The number of rotatable bonds is 34. The van der Waals surface area contributed by atoms with Crippen LogP contribution >= 0.6 is 11.8 Å². The van der Waals surface area contributed by atoms with Crippen LogP contribution in [0.4, 0.5) is 10.5 Å². The molecule has 4 heterocycles. The average Bonchev–Trinajstić information content (AvgIpc) is 4.12. The van der Waals surface area contributed by atoms with Gasteiger partial charge in [0, 0.05) is 93.7 Å². The van der Waals surface area contributed by atoms with Crippen molar-refractivity contribution in [2.24, 2.45) is 0 Å². The monoisotopic (exact) mass is 1130 g/mol. The zero-order valence-electron chi connectivity index (χ0n) is 44.8. The second kappa shape index (κ2) is 30.7. The van der Waals surface area contributed by atoms with Crippen molar-refractivity contribution in [1.82, 2.24) is 46.5 Å². The molecule has 3 saturated heterocycles. The van der Waals surface area contributed by atoms with Crippen LogP contribution in [0.3, 0.4) is 0 Å². The minimum Gasteiger partial charge on any atom is -0.452 e. The second-order valence-electron chi connectivity index (χ2n) is 20.0. The molecule has 8 amide bonds. The molecular formula is C53H77N10O13S2+. The van der Waals surface area contributed by atoms with Gasteiger partial charge in [-0.3, -0.25) is 33.3 Å². The SMILES string of the molecule is CCN(CCCS(=O)(=O)O)c1ccc2nc3ccc(=[N+](C)CCC(=O)NCCCC[C@H](NC(=O)CCCCCNC(=O)CCCCC4SC[C@@H]5NC(=O)N[C@H]45)C(=O)NCCCCCC(=O)ON4C(=O)CCC4=O)cc-3oc2c1. The number of nitrogens with zero attached hydrogens (tertiary/aromatic N) is 4. The predicted molar refractivity (Wildman–Crippen MR) is 293 cm³/mol. The summed E-state index contributed by atoms with van der Waals surface area (Å²) >= 11 is 1.86. The maximum Gasteiger partial charge on any atom is 0.333 e. The fourth-order valence-electron chi connectivity index (χ4n) is 9.56. The van der Waals surface area contributed by atoms with Gasteiger partial charge < -0.3 is 46.1 Å². The Morgan fingerprint density at radius 2 is 1.51 bits per heavy atom. The molecule has 6 rings (SSSR count). The highest BCUT2D eigenvalue weighted by Gasteiger charge is 2.42. The molecular weight excluding hydrogens is 1050 g/mol. The number of carbonyl (C=O) groups is 8. The molecule has 0 radical (unpaired) electrons. The van der Waals surface area contributed by atoms with E-state index in [1.165, 1.54) is 0 Å². The number of urea groups is 1. The molecule has 4 atom stereocenters. The fourth-order valence-corrected chi connectivity index (χ4v) is 11.6. The van der Waals surface area contributed by atoms with Gasteiger partial charge in [0.1, 0.15) is 24.3 Å². The summed E-state index contributed by atoms with van der Waals surface area (Å²) in [5, 5.41) is 19.3. The normalized spacial score (nSPS) is 17.8. The second-order valence-corrected chi connectivity index (χ2v) is 22.9. The maximum atomic E-state index is 13.4. The molecule has 0 bridgehead atoms. The van der Waals surface area contributed by atoms with Crippen LogP contribution in [0.5, 0.6) is 0 Å². The van der Waals surface area contributed by atoms with E-state index in [4.69, 9.17) is 18.8 Å².